The molecule has 0 fully saturated rings. The fourth-order valence-electron chi connectivity index (χ4n) is 6.45. The van der Waals surface area contributed by atoms with E-state index in [1.54, 1.807) is 0 Å². The highest BCUT2D eigenvalue weighted by atomic mass is 15.1. The van der Waals surface area contributed by atoms with Gasteiger partial charge in [-0.1, -0.05) is 140 Å². The quantitative estimate of drug-likeness (QED) is 0.196. The molecule has 0 atom stereocenters. The Morgan fingerprint density at radius 2 is 0.889 bits per heavy atom. The first kappa shape index (κ1) is 25.4. The minimum absolute atomic E-state index is 0.666. The van der Waals surface area contributed by atoms with Crippen molar-refractivity contribution >= 4 is 38.5 Å². The van der Waals surface area contributed by atoms with E-state index in [1.165, 1.54) is 10.8 Å². The Morgan fingerprint density at radius 1 is 0.356 bits per heavy atom. The maximum absolute atomic E-state index is 5.31. The van der Waals surface area contributed by atoms with E-state index in [0.29, 0.717) is 5.82 Å². The lowest BCUT2D eigenvalue weighted by Crippen LogP contribution is -1.98. The van der Waals surface area contributed by atoms with Gasteiger partial charge in [0.15, 0.2) is 11.5 Å². The van der Waals surface area contributed by atoms with E-state index in [2.05, 4.69) is 150 Å². The number of rotatable bonds is 4. The first-order valence-corrected chi connectivity index (χ1v) is 15.1. The molecule has 0 aliphatic carbocycles. The van der Waals surface area contributed by atoms with E-state index in [1.807, 2.05) is 12.1 Å². The molecular weight excluding hydrogens is 548 g/mol. The highest BCUT2D eigenvalue weighted by molar-refractivity contribution is 6.14. The number of fused-ring (bicyclic) bond motifs is 8. The lowest BCUT2D eigenvalue weighted by atomic mass is 10.0. The van der Waals surface area contributed by atoms with Crippen molar-refractivity contribution in [2.75, 3.05) is 0 Å². The van der Waals surface area contributed by atoms with Crippen LogP contribution in [0.5, 0.6) is 0 Å². The van der Waals surface area contributed by atoms with Gasteiger partial charge in [0.25, 0.3) is 0 Å². The van der Waals surface area contributed by atoms with Gasteiger partial charge >= 0.3 is 0 Å². The topological polar surface area (TPSA) is 43.1 Å². The molecular formula is C41H26N4. The smallest absolute Gasteiger partial charge is 0.169 e. The van der Waals surface area contributed by atoms with Crippen molar-refractivity contribution in [3.8, 4) is 44.9 Å². The van der Waals surface area contributed by atoms with E-state index in [-0.39, 0.29) is 0 Å². The second-order valence-corrected chi connectivity index (χ2v) is 11.3. The number of imidazole rings is 1. The summed E-state index contributed by atoms with van der Waals surface area (Å²) in [5.41, 5.74) is 10.9. The molecule has 4 heteroatoms. The molecule has 0 saturated carbocycles. The van der Waals surface area contributed by atoms with Crippen LogP contribution in [0.4, 0.5) is 0 Å². The zero-order valence-corrected chi connectivity index (χ0v) is 24.3. The number of aromatic nitrogens is 4. The fourth-order valence-corrected chi connectivity index (χ4v) is 6.45. The van der Waals surface area contributed by atoms with Crippen LogP contribution in [-0.4, -0.2) is 19.4 Å². The summed E-state index contributed by atoms with van der Waals surface area (Å²) in [6.07, 6.45) is 0. The van der Waals surface area contributed by atoms with Crippen molar-refractivity contribution in [3.05, 3.63) is 158 Å². The molecule has 45 heavy (non-hydrogen) atoms. The normalized spacial score (nSPS) is 11.6. The molecule has 6 aromatic carbocycles. The van der Waals surface area contributed by atoms with Gasteiger partial charge in [-0.25, -0.2) is 15.0 Å². The molecule has 0 spiro atoms. The van der Waals surface area contributed by atoms with E-state index in [4.69, 9.17) is 15.0 Å². The van der Waals surface area contributed by atoms with Crippen LogP contribution in [0.25, 0.3) is 83.4 Å². The molecule has 0 N–H and O–H groups in total. The van der Waals surface area contributed by atoms with Crippen molar-refractivity contribution in [1.82, 2.24) is 19.4 Å². The average molecular weight is 575 g/mol. The highest BCUT2D eigenvalue weighted by Crippen LogP contribution is 2.37. The largest absolute Gasteiger partial charge is 0.276 e. The van der Waals surface area contributed by atoms with Crippen LogP contribution in [0.2, 0.25) is 0 Å². The SMILES string of the molecule is c1ccc(-c2cccc(-c3nc(-c4cccc(-c5ccccc5)c4)c4nc5c6ccccc6c6ccccc6n5c4n3)c2)cc1. The molecule has 0 bridgehead atoms. The third kappa shape index (κ3) is 4.19. The van der Waals surface area contributed by atoms with E-state index in [0.717, 1.165) is 66.8 Å². The number of nitrogens with zero attached hydrogens (tertiary/aromatic N) is 4. The van der Waals surface area contributed by atoms with Crippen LogP contribution in [-0.2, 0) is 0 Å². The van der Waals surface area contributed by atoms with Crippen molar-refractivity contribution < 1.29 is 0 Å². The zero-order valence-electron chi connectivity index (χ0n) is 24.3. The summed E-state index contributed by atoms with van der Waals surface area (Å²) in [6, 6.07) is 55.0. The van der Waals surface area contributed by atoms with Gasteiger partial charge in [-0.15, -0.1) is 0 Å². The summed E-state index contributed by atoms with van der Waals surface area (Å²) in [4.78, 5) is 15.9. The molecule has 0 aliphatic heterocycles. The molecule has 0 radical (unpaired) electrons. The highest BCUT2D eigenvalue weighted by Gasteiger charge is 2.21. The van der Waals surface area contributed by atoms with Gasteiger partial charge in [-0.05, 0) is 45.8 Å². The predicted octanol–water partition coefficient (Wildman–Crippen LogP) is 10.3. The second-order valence-electron chi connectivity index (χ2n) is 11.3. The predicted molar refractivity (Wildman–Crippen MR) is 185 cm³/mol. The van der Waals surface area contributed by atoms with Crippen molar-refractivity contribution in [1.29, 1.82) is 0 Å². The van der Waals surface area contributed by atoms with Crippen LogP contribution in [0.15, 0.2) is 158 Å². The van der Waals surface area contributed by atoms with Gasteiger partial charge < -0.3 is 0 Å². The number of pyridine rings is 1. The van der Waals surface area contributed by atoms with Crippen molar-refractivity contribution in [2.24, 2.45) is 0 Å². The van der Waals surface area contributed by atoms with E-state index in [9.17, 15) is 0 Å². The molecule has 0 unspecified atom stereocenters. The molecule has 0 saturated heterocycles. The third-order valence-electron chi connectivity index (χ3n) is 8.58. The van der Waals surface area contributed by atoms with Gasteiger partial charge in [-0.2, -0.15) is 0 Å². The molecule has 9 rings (SSSR count). The van der Waals surface area contributed by atoms with Crippen LogP contribution in [0.3, 0.4) is 0 Å². The van der Waals surface area contributed by atoms with Crippen molar-refractivity contribution in [2.45, 2.75) is 0 Å². The molecule has 9 aromatic rings. The number of para-hydroxylation sites is 1. The second kappa shape index (κ2) is 10.2. The molecule has 3 aromatic heterocycles. The number of hydrogen-bond acceptors (Lipinski definition) is 3. The van der Waals surface area contributed by atoms with Gasteiger partial charge in [0.1, 0.15) is 16.9 Å². The summed E-state index contributed by atoms with van der Waals surface area (Å²) in [5.74, 6) is 0.666. The van der Waals surface area contributed by atoms with E-state index < -0.39 is 0 Å². The van der Waals surface area contributed by atoms with E-state index >= 15 is 0 Å². The first-order valence-electron chi connectivity index (χ1n) is 15.1. The monoisotopic (exact) mass is 574 g/mol. The fraction of sp³-hybridized carbons (Fsp3) is 0. The first-order chi connectivity index (χ1) is 22.3. The average Bonchev–Trinajstić information content (AvgIpc) is 3.52. The summed E-state index contributed by atoms with van der Waals surface area (Å²) in [6.45, 7) is 0. The lowest BCUT2D eigenvalue weighted by Gasteiger charge is -2.11. The minimum Gasteiger partial charge on any atom is -0.276 e. The molecule has 210 valence electrons. The number of benzene rings is 6. The Kier molecular flexibility index (Phi) is 5.78. The summed E-state index contributed by atoms with van der Waals surface area (Å²) in [5, 5.41) is 3.43. The Bertz CT molecular complexity index is 2530. The number of hydrogen-bond donors (Lipinski definition) is 0. The summed E-state index contributed by atoms with van der Waals surface area (Å²) >= 11 is 0. The molecule has 4 nitrogen and oxygen atoms in total. The van der Waals surface area contributed by atoms with Crippen LogP contribution in [0.1, 0.15) is 0 Å². The Labute approximate surface area is 259 Å². The Morgan fingerprint density at radius 3 is 1.60 bits per heavy atom. The third-order valence-corrected chi connectivity index (χ3v) is 8.58. The minimum atomic E-state index is 0.666. The zero-order chi connectivity index (χ0) is 29.7. The van der Waals surface area contributed by atoms with Gasteiger partial charge in [0.05, 0.1) is 5.52 Å². The standard InChI is InChI=1S/C41H26N4/c1-3-13-27(14-4-1)29-17-11-19-31(25-29)37-38-41(44-39(42-37)32-20-12-18-30(26-32)28-15-5-2-6-16-28)45-36-24-10-9-22-34(36)33-21-7-8-23-35(33)40(45)43-38/h1-26H. The van der Waals surface area contributed by atoms with Crippen LogP contribution in [0, 0.1) is 0 Å². The maximum Gasteiger partial charge on any atom is 0.169 e. The van der Waals surface area contributed by atoms with Gasteiger partial charge in [0, 0.05) is 21.9 Å². The van der Waals surface area contributed by atoms with Gasteiger partial charge in [-0.3, -0.25) is 4.40 Å². The maximum atomic E-state index is 5.31. The van der Waals surface area contributed by atoms with Crippen molar-refractivity contribution in [3.63, 3.8) is 0 Å². The molecule has 0 aliphatic rings. The van der Waals surface area contributed by atoms with Crippen LogP contribution < -0.4 is 0 Å². The Balaban J connectivity index is 1.38. The van der Waals surface area contributed by atoms with Gasteiger partial charge in [0.2, 0.25) is 0 Å². The summed E-state index contributed by atoms with van der Waals surface area (Å²) in [7, 11) is 0. The molecule has 0 amide bonds. The summed E-state index contributed by atoms with van der Waals surface area (Å²) < 4.78 is 2.21. The lowest BCUT2D eigenvalue weighted by molar-refractivity contribution is 1.18. The van der Waals surface area contributed by atoms with Crippen LogP contribution >= 0.6 is 0 Å². The molecule has 3 heterocycles. The Hall–Kier alpha value is -6.13.